The van der Waals surface area contributed by atoms with Gasteiger partial charge < -0.3 is 9.84 Å². The molecule has 0 aliphatic heterocycles. The lowest BCUT2D eigenvalue weighted by Gasteiger charge is -2.24. The zero-order valence-corrected chi connectivity index (χ0v) is 12.0. The van der Waals surface area contributed by atoms with Gasteiger partial charge in [-0.2, -0.15) is 0 Å². The summed E-state index contributed by atoms with van der Waals surface area (Å²) in [4.78, 5) is 22.8. The monoisotopic (exact) mass is 287 g/mol. The maximum Gasteiger partial charge on any atom is 0.415 e. The molecular formula is C16H17NO4. The molecule has 0 atom stereocenters. The zero-order valence-electron chi connectivity index (χ0n) is 12.0. The second-order valence-corrected chi connectivity index (χ2v) is 5.38. The van der Waals surface area contributed by atoms with E-state index in [1.54, 1.807) is 20.0 Å². The van der Waals surface area contributed by atoms with Crippen LogP contribution in [0, 0.1) is 0 Å². The van der Waals surface area contributed by atoms with Crippen molar-refractivity contribution in [2.45, 2.75) is 25.9 Å². The van der Waals surface area contributed by atoms with E-state index >= 15 is 0 Å². The Morgan fingerprint density at radius 1 is 1.38 bits per heavy atom. The average molecular weight is 287 g/mol. The van der Waals surface area contributed by atoms with Crippen LogP contribution in [-0.4, -0.2) is 27.3 Å². The molecule has 2 aromatic rings. The molecule has 0 spiro atoms. The predicted molar refractivity (Wildman–Crippen MR) is 79.4 cm³/mol. The van der Waals surface area contributed by atoms with Crippen molar-refractivity contribution < 1.29 is 19.4 Å². The highest BCUT2D eigenvalue weighted by atomic mass is 16.6. The largest absolute Gasteiger partial charge is 0.464 e. The van der Waals surface area contributed by atoms with Crippen molar-refractivity contribution in [1.82, 2.24) is 4.57 Å². The van der Waals surface area contributed by atoms with Crippen LogP contribution in [0.5, 0.6) is 0 Å². The Morgan fingerprint density at radius 3 is 2.67 bits per heavy atom. The van der Waals surface area contributed by atoms with Crippen LogP contribution in [0.25, 0.3) is 10.8 Å². The highest BCUT2D eigenvalue weighted by Gasteiger charge is 2.26. The maximum atomic E-state index is 11.4. The molecule has 1 aromatic heterocycles. The molecule has 2 rings (SSSR count). The minimum Gasteiger partial charge on any atom is -0.464 e. The topological polar surface area (TPSA) is 68.5 Å². The quantitative estimate of drug-likeness (QED) is 0.692. The van der Waals surface area contributed by atoms with Crippen molar-refractivity contribution >= 4 is 22.8 Å². The number of aromatic nitrogens is 1. The summed E-state index contributed by atoms with van der Waals surface area (Å²) in [6.07, 6.45) is 1.88. The summed E-state index contributed by atoms with van der Waals surface area (Å²) < 4.78 is 6.46. The van der Waals surface area contributed by atoms with Gasteiger partial charge in [-0.25, -0.2) is 9.59 Å². The Labute approximate surface area is 122 Å². The van der Waals surface area contributed by atoms with Gasteiger partial charge in [0, 0.05) is 35.2 Å². The molecule has 110 valence electrons. The molecule has 0 aliphatic rings. The molecular weight excluding hydrogens is 270 g/mol. The SMILES string of the molecule is C=CC(=O)OC(C)(C)Cc1c2ccccc2cn1C(=O)O. The van der Waals surface area contributed by atoms with Gasteiger partial charge in [-0.15, -0.1) is 0 Å². The molecule has 21 heavy (non-hydrogen) atoms. The van der Waals surface area contributed by atoms with E-state index < -0.39 is 17.7 Å². The fourth-order valence-corrected chi connectivity index (χ4v) is 2.32. The highest BCUT2D eigenvalue weighted by Crippen LogP contribution is 2.26. The third-order valence-corrected chi connectivity index (χ3v) is 3.17. The molecule has 0 aliphatic carbocycles. The Morgan fingerprint density at radius 2 is 2.05 bits per heavy atom. The Balaban J connectivity index is 2.45. The van der Waals surface area contributed by atoms with Crippen molar-refractivity contribution in [2.24, 2.45) is 0 Å². The van der Waals surface area contributed by atoms with Crippen LogP contribution in [-0.2, 0) is 16.0 Å². The Kier molecular flexibility index (Phi) is 3.84. The van der Waals surface area contributed by atoms with E-state index in [0.29, 0.717) is 5.69 Å². The van der Waals surface area contributed by atoms with E-state index in [2.05, 4.69) is 6.58 Å². The number of benzene rings is 1. The van der Waals surface area contributed by atoms with Gasteiger partial charge in [0.15, 0.2) is 0 Å². The van der Waals surface area contributed by atoms with Crippen molar-refractivity contribution in [3.8, 4) is 0 Å². The van der Waals surface area contributed by atoms with Gasteiger partial charge >= 0.3 is 12.1 Å². The third-order valence-electron chi connectivity index (χ3n) is 3.17. The molecule has 0 saturated heterocycles. The number of carboxylic acid groups (broad SMARTS) is 1. The van der Waals surface area contributed by atoms with Crippen molar-refractivity contribution in [1.29, 1.82) is 0 Å². The van der Waals surface area contributed by atoms with Crippen LogP contribution < -0.4 is 0 Å². The normalized spacial score (nSPS) is 11.3. The second-order valence-electron chi connectivity index (χ2n) is 5.38. The lowest BCUT2D eigenvalue weighted by atomic mass is 10.00. The van der Waals surface area contributed by atoms with Gasteiger partial charge in [0.1, 0.15) is 5.60 Å². The van der Waals surface area contributed by atoms with Gasteiger partial charge in [-0.3, -0.25) is 4.57 Å². The summed E-state index contributed by atoms with van der Waals surface area (Å²) in [5.74, 6) is -0.530. The van der Waals surface area contributed by atoms with E-state index in [4.69, 9.17) is 4.74 Å². The standard InChI is InChI=1S/C16H17NO4/c1-4-14(18)21-16(2,3)9-13-12-8-6-5-7-11(12)10-17(13)15(19)20/h4-8,10H,1,9H2,2-3H3,(H,19,20). The molecule has 0 saturated carbocycles. The number of hydrogen-bond acceptors (Lipinski definition) is 3. The van der Waals surface area contributed by atoms with Crippen molar-refractivity contribution in [2.75, 3.05) is 0 Å². The second kappa shape index (κ2) is 5.44. The summed E-state index contributed by atoms with van der Waals surface area (Å²) in [5, 5.41) is 11.0. The first-order valence-electron chi connectivity index (χ1n) is 6.52. The van der Waals surface area contributed by atoms with Crippen LogP contribution in [0.4, 0.5) is 4.79 Å². The van der Waals surface area contributed by atoms with Crippen LogP contribution in [0.2, 0.25) is 0 Å². The van der Waals surface area contributed by atoms with E-state index in [9.17, 15) is 14.7 Å². The Hall–Kier alpha value is -2.56. The number of ether oxygens (including phenoxy) is 1. The first kappa shape index (κ1) is 14.8. The summed E-state index contributed by atoms with van der Waals surface area (Å²) in [5.41, 5.74) is -0.237. The molecule has 1 heterocycles. The minimum atomic E-state index is -1.06. The van der Waals surface area contributed by atoms with E-state index in [0.717, 1.165) is 16.8 Å². The fraction of sp³-hybridized carbons (Fsp3) is 0.250. The number of carbonyl (C=O) groups is 2. The number of rotatable bonds is 4. The van der Waals surface area contributed by atoms with E-state index in [-0.39, 0.29) is 6.42 Å². The first-order chi connectivity index (χ1) is 9.84. The molecule has 0 fully saturated rings. The van der Waals surface area contributed by atoms with Crippen LogP contribution in [0.15, 0.2) is 43.1 Å². The number of carbonyl (C=O) groups excluding carboxylic acids is 1. The van der Waals surface area contributed by atoms with Crippen LogP contribution >= 0.6 is 0 Å². The smallest absolute Gasteiger partial charge is 0.415 e. The van der Waals surface area contributed by atoms with Gasteiger partial charge in [0.2, 0.25) is 0 Å². The van der Waals surface area contributed by atoms with Crippen molar-refractivity contribution in [3.63, 3.8) is 0 Å². The number of esters is 1. The molecule has 1 aromatic carbocycles. The molecule has 1 N–H and O–H groups in total. The molecule has 0 bridgehead atoms. The van der Waals surface area contributed by atoms with Crippen molar-refractivity contribution in [3.05, 3.63) is 48.8 Å². The molecule has 5 heteroatoms. The number of nitrogens with zero attached hydrogens (tertiary/aromatic N) is 1. The lowest BCUT2D eigenvalue weighted by Crippen LogP contribution is -2.31. The summed E-state index contributed by atoms with van der Waals surface area (Å²) in [7, 11) is 0. The predicted octanol–water partition coefficient (Wildman–Crippen LogP) is 3.22. The molecule has 0 radical (unpaired) electrons. The molecule has 0 unspecified atom stereocenters. The Bertz CT molecular complexity index is 712. The number of hydrogen-bond donors (Lipinski definition) is 1. The minimum absolute atomic E-state index is 0.284. The average Bonchev–Trinajstić information content (AvgIpc) is 2.77. The van der Waals surface area contributed by atoms with Gasteiger partial charge in [0.05, 0.1) is 0 Å². The summed E-state index contributed by atoms with van der Waals surface area (Å²) in [6, 6.07) is 7.40. The first-order valence-corrected chi connectivity index (χ1v) is 6.52. The molecule has 5 nitrogen and oxygen atoms in total. The van der Waals surface area contributed by atoms with Gasteiger partial charge in [-0.1, -0.05) is 30.8 Å². The van der Waals surface area contributed by atoms with E-state index in [1.165, 1.54) is 4.57 Å². The fourth-order valence-electron chi connectivity index (χ4n) is 2.32. The third kappa shape index (κ3) is 3.13. The van der Waals surface area contributed by atoms with E-state index in [1.807, 2.05) is 24.3 Å². The van der Waals surface area contributed by atoms with Crippen LogP contribution in [0.1, 0.15) is 19.5 Å². The summed E-state index contributed by atoms with van der Waals surface area (Å²) in [6.45, 7) is 6.84. The summed E-state index contributed by atoms with van der Waals surface area (Å²) >= 11 is 0. The van der Waals surface area contributed by atoms with Gasteiger partial charge in [0.25, 0.3) is 0 Å². The molecule has 0 amide bonds. The van der Waals surface area contributed by atoms with Gasteiger partial charge in [-0.05, 0) is 13.8 Å². The number of fused-ring (bicyclic) bond motifs is 1. The maximum absolute atomic E-state index is 11.4. The highest BCUT2D eigenvalue weighted by molar-refractivity contribution is 5.90. The zero-order chi connectivity index (χ0) is 15.6. The lowest BCUT2D eigenvalue weighted by molar-refractivity contribution is -0.150. The van der Waals surface area contributed by atoms with Crippen LogP contribution in [0.3, 0.4) is 0 Å².